The first kappa shape index (κ1) is 16.9. The number of nitro benzene ring substituents is 1. The molecule has 0 radical (unpaired) electrons. The average molecular weight is 292 g/mol. The molecule has 0 unspecified atom stereocenters. The molecule has 0 spiro atoms. The molecule has 0 saturated carbocycles. The van der Waals surface area contributed by atoms with Crippen molar-refractivity contribution < 1.29 is 4.92 Å². The zero-order chi connectivity index (χ0) is 16.0. The topological polar surface area (TPSA) is 79.6 Å². The molecule has 0 aliphatic heterocycles. The zero-order valence-electron chi connectivity index (χ0n) is 13.3. The maximum atomic E-state index is 10.6. The first-order valence-electron chi connectivity index (χ1n) is 7.00. The molecule has 0 aromatic heterocycles. The lowest BCUT2D eigenvalue weighted by molar-refractivity contribution is -0.384. The summed E-state index contributed by atoms with van der Waals surface area (Å²) in [6, 6.07) is 6.72. The van der Waals surface area contributed by atoms with E-state index in [1.807, 2.05) is 13.8 Å². The number of guanidine groups is 1. The highest BCUT2D eigenvalue weighted by atomic mass is 16.6. The number of non-ortho nitro benzene ring substituents is 1. The van der Waals surface area contributed by atoms with Gasteiger partial charge in [-0.1, -0.05) is 12.1 Å². The Kier molecular flexibility index (Phi) is 5.69. The van der Waals surface area contributed by atoms with Gasteiger partial charge in [0.25, 0.3) is 5.69 Å². The van der Waals surface area contributed by atoms with Gasteiger partial charge in [-0.25, -0.2) is 4.99 Å². The first-order chi connectivity index (χ1) is 9.67. The Morgan fingerprint density at radius 2 is 1.86 bits per heavy atom. The van der Waals surface area contributed by atoms with Crippen LogP contribution in [-0.4, -0.2) is 22.5 Å². The first-order valence-corrected chi connectivity index (χ1v) is 7.00. The Balaban J connectivity index is 2.78. The minimum Gasteiger partial charge on any atom is -0.354 e. The van der Waals surface area contributed by atoms with E-state index < -0.39 is 4.92 Å². The summed E-state index contributed by atoms with van der Waals surface area (Å²) in [5.74, 6) is 0.732. The molecule has 0 amide bonds. The highest BCUT2D eigenvalue weighted by molar-refractivity contribution is 5.80. The van der Waals surface area contributed by atoms with Gasteiger partial charge in [-0.15, -0.1) is 0 Å². The summed E-state index contributed by atoms with van der Waals surface area (Å²) >= 11 is 0. The number of nitrogens with zero attached hydrogens (tertiary/aromatic N) is 2. The van der Waals surface area contributed by atoms with Crippen molar-refractivity contribution in [3.05, 3.63) is 39.9 Å². The molecule has 1 rings (SSSR count). The fourth-order valence-electron chi connectivity index (χ4n) is 1.64. The second-order valence-corrected chi connectivity index (χ2v) is 6.26. The Labute approximate surface area is 125 Å². The van der Waals surface area contributed by atoms with Crippen molar-refractivity contribution in [2.45, 2.75) is 52.7 Å². The van der Waals surface area contributed by atoms with Gasteiger partial charge in [0.1, 0.15) is 0 Å². The number of benzene rings is 1. The van der Waals surface area contributed by atoms with Crippen molar-refractivity contribution in [2.24, 2.45) is 4.99 Å². The molecule has 0 atom stereocenters. The van der Waals surface area contributed by atoms with E-state index >= 15 is 0 Å². The van der Waals surface area contributed by atoms with Crippen LogP contribution in [0.5, 0.6) is 0 Å². The lowest BCUT2D eigenvalue weighted by atomic mass is 10.1. The van der Waals surface area contributed by atoms with Gasteiger partial charge in [0, 0.05) is 23.7 Å². The predicted molar refractivity (Wildman–Crippen MR) is 85.4 cm³/mol. The third kappa shape index (κ3) is 6.74. The minimum atomic E-state index is -0.403. The minimum absolute atomic E-state index is 0.0871. The predicted octanol–water partition coefficient (Wildman–Crippen LogP) is 2.84. The fraction of sp³-hybridized carbons (Fsp3) is 0.533. The SMILES string of the molecule is CC(C)NC(=NCc1ccc([N+](=O)[O-])cc1)NC(C)(C)C. The maximum absolute atomic E-state index is 10.6. The van der Waals surface area contributed by atoms with Crippen molar-refractivity contribution >= 4 is 11.6 Å². The van der Waals surface area contributed by atoms with E-state index in [-0.39, 0.29) is 17.3 Å². The normalized spacial score (nSPS) is 12.4. The number of nitro groups is 1. The summed E-state index contributed by atoms with van der Waals surface area (Å²) in [5.41, 5.74) is 0.936. The molecule has 6 nitrogen and oxygen atoms in total. The Bertz CT molecular complexity index is 501. The molecule has 0 aliphatic rings. The second-order valence-electron chi connectivity index (χ2n) is 6.26. The van der Waals surface area contributed by atoms with Crippen LogP contribution < -0.4 is 10.6 Å². The molecule has 21 heavy (non-hydrogen) atoms. The van der Waals surface area contributed by atoms with E-state index in [2.05, 4.69) is 36.4 Å². The third-order valence-corrected chi connectivity index (χ3v) is 2.49. The quantitative estimate of drug-likeness (QED) is 0.387. The molecule has 6 heteroatoms. The number of rotatable bonds is 4. The van der Waals surface area contributed by atoms with Gasteiger partial charge < -0.3 is 10.6 Å². The van der Waals surface area contributed by atoms with Crippen LogP contribution >= 0.6 is 0 Å². The van der Waals surface area contributed by atoms with Crippen LogP contribution in [0.2, 0.25) is 0 Å². The Hall–Kier alpha value is -2.11. The zero-order valence-corrected chi connectivity index (χ0v) is 13.3. The van der Waals surface area contributed by atoms with Crippen molar-refractivity contribution in [1.29, 1.82) is 0 Å². The summed E-state index contributed by atoms with van der Waals surface area (Å²) in [7, 11) is 0. The number of hydrogen-bond donors (Lipinski definition) is 2. The van der Waals surface area contributed by atoms with Crippen LogP contribution in [0.25, 0.3) is 0 Å². The van der Waals surface area contributed by atoms with Gasteiger partial charge in [0.05, 0.1) is 11.5 Å². The molecule has 0 fully saturated rings. The highest BCUT2D eigenvalue weighted by Crippen LogP contribution is 2.12. The number of aliphatic imine (C=N–C) groups is 1. The van der Waals surface area contributed by atoms with Crippen LogP contribution in [0.1, 0.15) is 40.2 Å². The summed E-state index contributed by atoms with van der Waals surface area (Å²) in [6.07, 6.45) is 0. The molecular weight excluding hydrogens is 268 g/mol. The standard InChI is InChI=1S/C15H24N4O2/c1-11(2)17-14(18-15(3,4)5)16-10-12-6-8-13(9-7-12)19(20)21/h6-9,11H,10H2,1-5H3,(H2,16,17,18). The molecule has 1 aromatic rings. The molecule has 0 bridgehead atoms. The van der Waals surface area contributed by atoms with Gasteiger partial charge in [0.2, 0.25) is 0 Å². The van der Waals surface area contributed by atoms with E-state index in [1.165, 1.54) is 12.1 Å². The van der Waals surface area contributed by atoms with Gasteiger partial charge in [-0.05, 0) is 40.2 Å². The smallest absolute Gasteiger partial charge is 0.269 e. The van der Waals surface area contributed by atoms with Crippen molar-refractivity contribution in [3.8, 4) is 0 Å². The van der Waals surface area contributed by atoms with E-state index in [9.17, 15) is 10.1 Å². The van der Waals surface area contributed by atoms with Crippen molar-refractivity contribution in [1.82, 2.24) is 10.6 Å². The summed E-state index contributed by atoms with van der Waals surface area (Å²) in [6.45, 7) is 10.8. The van der Waals surface area contributed by atoms with Crippen LogP contribution in [-0.2, 0) is 6.54 Å². The lowest BCUT2D eigenvalue weighted by Gasteiger charge is -2.25. The molecular formula is C15H24N4O2. The van der Waals surface area contributed by atoms with Gasteiger partial charge in [0.15, 0.2) is 5.96 Å². The number of nitrogens with one attached hydrogen (secondary N) is 2. The van der Waals surface area contributed by atoms with E-state index in [4.69, 9.17) is 0 Å². The largest absolute Gasteiger partial charge is 0.354 e. The molecule has 2 N–H and O–H groups in total. The molecule has 0 aliphatic carbocycles. The lowest BCUT2D eigenvalue weighted by Crippen LogP contribution is -2.49. The van der Waals surface area contributed by atoms with Crippen molar-refractivity contribution in [3.63, 3.8) is 0 Å². The van der Waals surface area contributed by atoms with E-state index in [1.54, 1.807) is 12.1 Å². The monoisotopic (exact) mass is 292 g/mol. The van der Waals surface area contributed by atoms with Crippen molar-refractivity contribution in [2.75, 3.05) is 0 Å². The Morgan fingerprint density at radius 3 is 2.29 bits per heavy atom. The molecule has 116 valence electrons. The summed E-state index contributed by atoms with van der Waals surface area (Å²) in [5, 5.41) is 17.2. The van der Waals surface area contributed by atoms with Gasteiger partial charge in [-0.3, -0.25) is 10.1 Å². The molecule has 0 saturated heterocycles. The number of hydrogen-bond acceptors (Lipinski definition) is 3. The van der Waals surface area contributed by atoms with Crippen LogP contribution in [0.15, 0.2) is 29.3 Å². The third-order valence-electron chi connectivity index (χ3n) is 2.49. The van der Waals surface area contributed by atoms with Gasteiger partial charge in [-0.2, -0.15) is 0 Å². The highest BCUT2D eigenvalue weighted by Gasteiger charge is 2.12. The fourth-order valence-corrected chi connectivity index (χ4v) is 1.64. The van der Waals surface area contributed by atoms with Crippen LogP contribution in [0, 0.1) is 10.1 Å². The van der Waals surface area contributed by atoms with Gasteiger partial charge >= 0.3 is 0 Å². The van der Waals surface area contributed by atoms with Crippen LogP contribution in [0.4, 0.5) is 5.69 Å². The van der Waals surface area contributed by atoms with Crippen LogP contribution in [0.3, 0.4) is 0 Å². The maximum Gasteiger partial charge on any atom is 0.269 e. The molecule has 1 aromatic carbocycles. The molecule has 0 heterocycles. The Morgan fingerprint density at radius 1 is 1.29 bits per heavy atom. The average Bonchev–Trinajstić information content (AvgIpc) is 2.34. The summed E-state index contributed by atoms with van der Waals surface area (Å²) < 4.78 is 0. The van der Waals surface area contributed by atoms with E-state index in [0.717, 1.165) is 11.5 Å². The summed E-state index contributed by atoms with van der Waals surface area (Å²) in [4.78, 5) is 14.7. The van der Waals surface area contributed by atoms with E-state index in [0.29, 0.717) is 6.54 Å². The second kappa shape index (κ2) is 7.06.